The van der Waals surface area contributed by atoms with E-state index < -0.39 is 0 Å². The average Bonchev–Trinajstić information content (AvgIpc) is 2.55. The van der Waals surface area contributed by atoms with Gasteiger partial charge in [0.05, 0.1) is 5.71 Å². The molecule has 0 N–H and O–H groups in total. The van der Waals surface area contributed by atoms with E-state index in [0.717, 1.165) is 28.5 Å². The average molecular weight is 272 g/mol. The molecule has 0 radical (unpaired) electrons. The summed E-state index contributed by atoms with van der Waals surface area (Å²) in [4.78, 5) is 4.75. The smallest absolute Gasteiger partial charge is 0.153 e. The molecular weight excluding hydrogens is 258 g/mol. The number of nitrogens with zero attached hydrogens (tertiary/aromatic N) is 1. The molecule has 3 heteroatoms. The first kappa shape index (κ1) is 12.2. The fourth-order valence-corrected chi connectivity index (χ4v) is 2.35. The first-order chi connectivity index (χ1) is 9.15. The lowest BCUT2D eigenvalue weighted by Gasteiger charge is -2.12. The van der Waals surface area contributed by atoms with Crippen molar-refractivity contribution in [3.63, 3.8) is 0 Å². The Morgan fingerprint density at radius 2 is 1.84 bits per heavy atom. The molecule has 1 heterocycles. The quantitative estimate of drug-likeness (QED) is 0.696. The van der Waals surface area contributed by atoms with Crippen LogP contribution in [0, 0.1) is 5.92 Å². The van der Waals surface area contributed by atoms with Crippen LogP contribution in [-0.2, 0) is 0 Å². The molecule has 2 aromatic rings. The van der Waals surface area contributed by atoms with Crippen molar-refractivity contribution in [3.05, 3.63) is 53.1 Å². The first-order valence-corrected chi connectivity index (χ1v) is 6.68. The third-order valence-electron chi connectivity index (χ3n) is 3.09. The molecule has 2 nitrogen and oxygen atoms in total. The van der Waals surface area contributed by atoms with Crippen LogP contribution in [0.5, 0.6) is 11.5 Å². The van der Waals surface area contributed by atoms with E-state index in [9.17, 15) is 0 Å². The monoisotopic (exact) mass is 271 g/mol. The van der Waals surface area contributed by atoms with Gasteiger partial charge in [-0.15, -0.1) is 0 Å². The van der Waals surface area contributed by atoms with E-state index in [-0.39, 0.29) is 0 Å². The van der Waals surface area contributed by atoms with Crippen molar-refractivity contribution in [2.75, 3.05) is 0 Å². The summed E-state index contributed by atoms with van der Waals surface area (Å²) in [5.74, 6) is 1.88. The minimum Gasteiger partial charge on any atom is -0.454 e. The number of para-hydroxylation sites is 2. The summed E-state index contributed by atoms with van der Waals surface area (Å²) >= 11 is 6.10. The Labute approximate surface area is 117 Å². The second kappa shape index (κ2) is 4.71. The van der Waals surface area contributed by atoms with E-state index in [2.05, 4.69) is 13.8 Å². The predicted molar refractivity (Wildman–Crippen MR) is 79.0 cm³/mol. The summed E-state index contributed by atoms with van der Waals surface area (Å²) in [5.41, 5.74) is 2.83. The van der Waals surface area contributed by atoms with E-state index >= 15 is 0 Å². The molecule has 0 unspecified atom stereocenters. The maximum atomic E-state index is 6.10. The van der Waals surface area contributed by atoms with Gasteiger partial charge in [-0.2, -0.15) is 0 Å². The minimum atomic E-state index is 0.298. The third-order valence-corrected chi connectivity index (χ3v) is 3.33. The fourth-order valence-electron chi connectivity index (χ4n) is 2.18. The van der Waals surface area contributed by atoms with Crippen LogP contribution in [0.1, 0.15) is 19.4 Å². The van der Waals surface area contributed by atoms with E-state index in [4.69, 9.17) is 21.3 Å². The summed E-state index contributed by atoms with van der Waals surface area (Å²) in [5, 5.41) is 0.696. The Balaban J connectivity index is 2.27. The lowest BCUT2D eigenvalue weighted by atomic mass is 9.99. The number of fused-ring (bicyclic) bond motifs is 2. The van der Waals surface area contributed by atoms with Gasteiger partial charge in [-0.25, -0.2) is 4.99 Å². The number of halogens is 1. The van der Waals surface area contributed by atoms with Crippen LogP contribution in [0.4, 0.5) is 5.69 Å². The largest absolute Gasteiger partial charge is 0.454 e. The van der Waals surface area contributed by atoms with Crippen molar-refractivity contribution >= 4 is 23.0 Å². The summed E-state index contributed by atoms with van der Waals surface area (Å²) in [6.45, 7) is 4.24. The van der Waals surface area contributed by atoms with E-state index in [0.29, 0.717) is 10.9 Å². The standard InChI is InChI=1S/C16H14ClNO/c1-10(2)16-12-9-11(17)7-8-14(12)19-15-6-4-3-5-13(15)18-16/h3-10H,1-2H3. The first-order valence-electron chi connectivity index (χ1n) is 6.30. The molecule has 96 valence electrons. The van der Waals surface area contributed by atoms with Gasteiger partial charge < -0.3 is 4.74 Å². The highest BCUT2D eigenvalue weighted by atomic mass is 35.5. The lowest BCUT2D eigenvalue weighted by molar-refractivity contribution is 0.484. The van der Waals surface area contributed by atoms with Crippen LogP contribution in [0.25, 0.3) is 0 Å². The van der Waals surface area contributed by atoms with Crippen LogP contribution >= 0.6 is 11.6 Å². The van der Waals surface area contributed by atoms with Crippen LogP contribution in [0.15, 0.2) is 47.5 Å². The Kier molecular flexibility index (Phi) is 3.03. The molecule has 19 heavy (non-hydrogen) atoms. The molecule has 2 aromatic carbocycles. The zero-order chi connectivity index (χ0) is 13.4. The number of aliphatic imine (C=N–C) groups is 1. The molecule has 0 atom stereocenters. The topological polar surface area (TPSA) is 21.6 Å². The maximum absolute atomic E-state index is 6.10. The normalized spacial score (nSPS) is 13.2. The highest BCUT2D eigenvalue weighted by molar-refractivity contribution is 6.31. The molecule has 3 rings (SSSR count). The van der Waals surface area contributed by atoms with Crippen molar-refractivity contribution in [3.8, 4) is 11.5 Å². The number of ether oxygens (including phenoxy) is 1. The molecule has 0 saturated heterocycles. The van der Waals surface area contributed by atoms with Gasteiger partial charge in [0, 0.05) is 10.6 Å². The molecule has 0 amide bonds. The highest BCUT2D eigenvalue weighted by Crippen LogP contribution is 2.39. The molecule has 0 fully saturated rings. The summed E-state index contributed by atoms with van der Waals surface area (Å²) < 4.78 is 5.96. The zero-order valence-electron chi connectivity index (χ0n) is 10.9. The summed E-state index contributed by atoms with van der Waals surface area (Å²) in [7, 11) is 0. The molecule has 0 aliphatic carbocycles. The lowest BCUT2D eigenvalue weighted by Crippen LogP contribution is -2.09. The van der Waals surface area contributed by atoms with Crippen molar-refractivity contribution in [2.45, 2.75) is 13.8 Å². The van der Waals surface area contributed by atoms with Gasteiger partial charge in [-0.1, -0.05) is 37.6 Å². The highest BCUT2D eigenvalue weighted by Gasteiger charge is 2.20. The molecule has 1 aliphatic heterocycles. The van der Waals surface area contributed by atoms with Crippen LogP contribution < -0.4 is 4.74 Å². The Bertz CT molecular complexity index is 662. The van der Waals surface area contributed by atoms with Crippen molar-refractivity contribution in [1.82, 2.24) is 0 Å². The maximum Gasteiger partial charge on any atom is 0.153 e. The number of hydrogen-bond acceptors (Lipinski definition) is 2. The van der Waals surface area contributed by atoms with Gasteiger partial charge in [0.25, 0.3) is 0 Å². The summed E-state index contributed by atoms with van der Waals surface area (Å²) in [6, 6.07) is 13.5. The van der Waals surface area contributed by atoms with E-state index in [1.807, 2.05) is 42.5 Å². The van der Waals surface area contributed by atoms with Gasteiger partial charge in [0.15, 0.2) is 5.75 Å². The molecule has 0 bridgehead atoms. The molecule has 0 spiro atoms. The fraction of sp³-hybridized carbons (Fsp3) is 0.188. The van der Waals surface area contributed by atoms with Crippen LogP contribution in [0.3, 0.4) is 0 Å². The Morgan fingerprint density at radius 1 is 1.05 bits per heavy atom. The third kappa shape index (κ3) is 2.24. The van der Waals surface area contributed by atoms with E-state index in [1.54, 1.807) is 0 Å². The predicted octanol–water partition coefficient (Wildman–Crippen LogP) is 5.22. The van der Waals surface area contributed by atoms with Gasteiger partial charge in [-0.05, 0) is 36.2 Å². The molecule has 0 aromatic heterocycles. The van der Waals surface area contributed by atoms with Crippen LogP contribution in [-0.4, -0.2) is 5.71 Å². The summed E-state index contributed by atoms with van der Waals surface area (Å²) in [6.07, 6.45) is 0. The van der Waals surface area contributed by atoms with Gasteiger partial charge in [0.2, 0.25) is 0 Å². The number of rotatable bonds is 1. The van der Waals surface area contributed by atoms with E-state index in [1.165, 1.54) is 0 Å². The molecular formula is C16H14ClNO. The van der Waals surface area contributed by atoms with Crippen molar-refractivity contribution < 1.29 is 4.74 Å². The SMILES string of the molecule is CC(C)C1=Nc2ccccc2Oc2ccc(Cl)cc21. The Hall–Kier alpha value is -1.80. The second-order valence-electron chi connectivity index (χ2n) is 4.86. The number of hydrogen-bond donors (Lipinski definition) is 0. The van der Waals surface area contributed by atoms with Gasteiger partial charge in [0.1, 0.15) is 11.4 Å². The van der Waals surface area contributed by atoms with Crippen molar-refractivity contribution in [1.29, 1.82) is 0 Å². The minimum absolute atomic E-state index is 0.298. The van der Waals surface area contributed by atoms with Gasteiger partial charge >= 0.3 is 0 Å². The van der Waals surface area contributed by atoms with Gasteiger partial charge in [-0.3, -0.25) is 0 Å². The van der Waals surface area contributed by atoms with Crippen molar-refractivity contribution in [2.24, 2.45) is 10.9 Å². The van der Waals surface area contributed by atoms with Crippen LogP contribution in [0.2, 0.25) is 5.02 Å². The zero-order valence-corrected chi connectivity index (χ0v) is 11.6. The molecule has 0 saturated carbocycles. The molecule has 1 aliphatic rings. The Morgan fingerprint density at radius 3 is 2.63 bits per heavy atom. The second-order valence-corrected chi connectivity index (χ2v) is 5.30. The number of benzene rings is 2.